The number of nitrogens with two attached hydrogens (primary N) is 1. The molecule has 0 bridgehead atoms. The molecular formula is C19H27BN2O3. The molecule has 2 N–H and O–H groups in total. The van der Waals surface area contributed by atoms with Gasteiger partial charge >= 0.3 is 7.12 Å². The monoisotopic (exact) mass is 342 g/mol. The number of aromatic nitrogens is 1. The number of allylic oxidation sites excluding steroid dienone is 2. The van der Waals surface area contributed by atoms with Crippen LogP contribution in [0.1, 0.15) is 47.5 Å². The summed E-state index contributed by atoms with van der Waals surface area (Å²) in [5.74, 6) is 0.923. The van der Waals surface area contributed by atoms with Gasteiger partial charge in [-0.25, -0.2) is 4.98 Å². The van der Waals surface area contributed by atoms with E-state index in [1.54, 1.807) is 6.20 Å². The number of hydrogen-bond donors (Lipinski definition) is 1. The van der Waals surface area contributed by atoms with Gasteiger partial charge in [-0.1, -0.05) is 18.2 Å². The molecule has 1 aliphatic carbocycles. The summed E-state index contributed by atoms with van der Waals surface area (Å²) < 4.78 is 18.2. The first-order chi connectivity index (χ1) is 11.7. The topological polar surface area (TPSA) is 66.6 Å². The maximum absolute atomic E-state index is 6.09. The highest BCUT2D eigenvalue weighted by molar-refractivity contribution is 6.62. The highest BCUT2D eigenvalue weighted by Crippen LogP contribution is 2.36. The van der Waals surface area contributed by atoms with Crippen LogP contribution in [0.5, 0.6) is 5.75 Å². The minimum Gasteiger partial charge on any atom is -0.482 e. The van der Waals surface area contributed by atoms with Crippen LogP contribution in [0, 0.1) is 0 Å². The minimum absolute atomic E-state index is 0.0887. The zero-order chi connectivity index (χ0) is 18.2. The van der Waals surface area contributed by atoms with Gasteiger partial charge in [-0.05, 0) is 59.1 Å². The molecule has 0 spiro atoms. The summed E-state index contributed by atoms with van der Waals surface area (Å²) in [6.07, 6.45) is 10.2. The molecule has 6 heteroatoms. The molecule has 0 amide bonds. The van der Waals surface area contributed by atoms with Gasteiger partial charge in [-0.3, -0.25) is 0 Å². The molecule has 2 aliphatic rings. The number of ether oxygens (including phenoxy) is 1. The molecule has 0 saturated carbocycles. The molecule has 0 radical (unpaired) electrons. The van der Waals surface area contributed by atoms with Gasteiger partial charge in [0, 0.05) is 11.7 Å². The van der Waals surface area contributed by atoms with E-state index in [0.29, 0.717) is 11.6 Å². The van der Waals surface area contributed by atoms with Crippen molar-refractivity contribution in [3.05, 3.63) is 36.1 Å². The zero-order valence-corrected chi connectivity index (χ0v) is 15.7. The second-order valence-electron chi connectivity index (χ2n) is 7.68. The van der Waals surface area contributed by atoms with Crippen LogP contribution < -0.4 is 15.9 Å². The fourth-order valence-electron chi connectivity index (χ4n) is 2.87. The lowest BCUT2D eigenvalue weighted by Crippen LogP contribution is -2.41. The van der Waals surface area contributed by atoms with Gasteiger partial charge in [0.15, 0.2) is 11.6 Å². The Bertz CT molecular complexity index is 697. The lowest BCUT2D eigenvalue weighted by molar-refractivity contribution is 0.00578. The molecule has 5 nitrogen and oxygen atoms in total. The van der Waals surface area contributed by atoms with Crippen molar-refractivity contribution in [2.75, 3.05) is 5.73 Å². The lowest BCUT2D eigenvalue weighted by Gasteiger charge is -2.32. The maximum atomic E-state index is 6.09. The number of hydrogen-bond acceptors (Lipinski definition) is 5. The van der Waals surface area contributed by atoms with Crippen LogP contribution in [-0.4, -0.2) is 29.4 Å². The average molecular weight is 342 g/mol. The fraction of sp³-hybridized carbons (Fsp3) is 0.526. The van der Waals surface area contributed by atoms with Crippen molar-refractivity contribution in [1.82, 2.24) is 4.98 Å². The number of nitrogen functional groups attached to an aromatic ring is 1. The van der Waals surface area contributed by atoms with E-state index in [1.165, 1.54) is 0 Å². The van der Waals surface area contributed by atoms with Crippen molar-refractivity contribution in [2.45, 2.75) is 64.8 Å². The SMILES string of the molecule is CC(Oc1cc(B2OC(C)(C)C(C)(C)O2)cnc1N)C1=CCCC=C1. The Morgan fingerprint density at radius 3 is 2.48 bits per heavy atom. The third-order valence-electron chi connectivity index (χ3n) is 5.23. The Labute approximate surface area is 150 Å². The second kappa shape index (κ2) is 6.50. The third-order valence-corrected chi connectivity index (χ3v) is 5.23. The number of pyridine rings is 1. The molecule has 1 aromatic rings. The first-order valence-electron chi connectivity index (χ1n) is 8.84. The van der Waals surface area contributed by atoms with Gasteiger partial charge in [0.05, 0.1) is 11.2 Å². The summed E-state index contributed by atoms with van der Waals surface area (Å²) in [7, 11) is -0.482. The first kappa shape index (κ1) is 18.0. The standard InChI is InChI=1S/C19H27BN2O3/c1-13(14-9-7-6-8-10-14)23-16-11-15(12-22-17(16)21)20-24-18(2,3)19(4,5)25-20/h7,9-13H,6,8H2,1-5H3,(H2,21,22). The van der Waals surface area contributed by atoms with Crippen LogP contribution in [-0.2, 0) is 9.31 Å². The van der Waals surface area contributed by atoms with E-state index in [1.807, 2.05) is 40.7 Å². The van der Waals surface area contributed by atoms with Crippen molar-refractivity contribution in [3.8, 4) is 5.75 Å². The Morgan fingerprint density at radius 1 is 1.20 bits per heavy atom. The molecule has 1 saturated heterocycles. The van der Waals surface area contributed by atoms with E-state index < -0.39 is 18.3 Å². The van der Waals surface area contributed by atoms with E-state index >= 15 is 0 Å². The summed E-state index contributed by atoms with van der Waals surface area (Å²) in [4.78, 5) is 4.27. The van der Waals surface area contributed by atoms with Crippen LogP contribution >= 0.6 is 0 Å². The van der Waals surface area contributed by atoms with E-state index in [-0.39, 0.29) is 6.10 Å². The van der Waals surface area contributed by atoms with E-state index in [4.69, 9.17) is 19.8 Å². The Kier molecular flexibility index (Phi) is 4.69. The lowest BCUT2D eigenvalue weighted by atomic mass is 9.80. The average Bonchev–Trinajstić information content (AvgIpc) is 2.78. The summed E-state index contributed by atoms with van der Waals surface area (Å²) >= 11 is 0. The number of nitrogens with zero attached hydrogens (tertiary/aromatic N) is 1. The molecule has 0 aromatic carbocycles. The molecule has 1 atom stereocenters. The fourth-order valence-corrected chi connectivity index (χ4v) is 2.87. The third kappa shape index (κ3) is 3.60. The first-order valence-corrected chi connectivity index (χ1v) is 8.84. The summed E-state index contributed by atoms with van der Waals surface area (Å²) in [5.41, 5.74) is 7.19. The van der Waals surface area contributed by atoms with E-state index in [2.05, 4.69) is 23.2 Å². The molecule has 3 rings (SSSR count). The van der Waals surface area contributed by atoms with Gasteiger partial charge in [-0.2, -0.15) is 0 Å². The van der Waals surface area contributed by atoms with Crippen LogP contribution in [0.2, 0.25) is 0 Å². The molecular weight excluding hydrogens is 315 g/mol. The Hall–Kier alpha value is -1.79. The highest BCUT2D eigenvalue weighted by atomic mass is 16.7. The molecule has 1 aromatic heterocycles. The van der Waals surface area contributed by atoms with Crippen LogP contribution in [0.25, 0.3) is 0 Å². The van der Waals surface area contributed by atoms with Crippen LogP contribution in [0.3, 0.4) is 0 Å². The molecule has 2 heterocycles. The molecule has 1 fully saturated rings. The quantitative estimate of drug-likeness (QED) is 0.852. The maximum Gasteiger partial charge on any atom is 0.496 e. The largest absolute Gasteiger partial charge is 0.496 e. The van der Waals surface area contributed by atoms with Crippen molar-refractivity contribution in [3.63, 3.8) is 0 Å². The van der Waals surface area contributed by atoms with Crippen LogP contribution in [0.15, 0.2) is 36.1 Å². The number of rotatable bonds is 4. The minimum atomic E-state index is -0.482. The van der Waals surface area contributed by atoms with Gasteiger partial charge in [0.2, 0.25) is 0 Å². The van der Waals surface area contributed by atoms with Gasteiger partial charge in [0.25, 0.3) is 0 Å². The summed E-state index contributed by atoms with van der Waals surface area (Å²) in [6, 6.07) is 1.87. The van der Waals surface area contributed by atoms with Gasteiger partial charge in [0.1, 0.15) is 6.10 Å². The van der Waals surface area contributed by atoms with Crippen LogP contribution in [0.4, 0.5) is 5.82 Å². The Balaban J connectivity index is 1.80. The van der Waals surface area contributed by atoms with Gasteiger partial charge in [-0.15, -0.1) is 0 Å². The molecule has 1 unspecified atom stereocenters. The predicted molar refractivity (Wildman–Crippen MR) is 101 cm³/mol. The highest BCUT2D eigenvalue weighted by Gasteiger charge is 2.52. The normalized spacial score (nSPS) is 22.6. The predicted octanol–water partition coefficient (Wildman–Crippen LogP) is 3.01. The smallest absolute Gasteiger partial charge is 0.482 e. The van der Waals surface area contributed by atoms with E-state index in [0.717, 1.165) is 23.9 Å². The molecule has 134 valence electrons. The van der Waals surface area contributed by atoms with Crippen molar-refractivity contribution in [1.29, 1.82) is 0 Å². The number of anilines is 1. The zero-order valence-electron chi connectivity index (χ0n) is 15.7. The van der Waals surface area contributed by atoms with Crippen molar-refractivity contribution < 1.29 is 14.0 Å². The van der Waals surface area contributed by atoms with Gasteiger partial charge < -0.3 is 19.8 Å². The Morgan fingerprint density at radius 2 is 1.88 bits per heavy atom. The van der Waals surface area contributed by atoms with Crippen molar-refractivity contribution >= 4 is 18.4 Å². The summed E-state index contributed by atoms with van der Waals surface area (Å²) in [5, 5.41) is 0. The summed E-state index contributed by atoms with van der Waals surface area (Å²) in [6.45, 7) is 10.1. The second-order valence-corrected chi connectivity index (χ2v) is 7.68. The molecule has 1 aliphatic heterocycles. The van der Waals surface area contributed by atoms with Crippen molar-refractivity contribution in [2.24, 2.45) is 0 Å². The molecule has 25 heavy (non-hydrogen) atoms. The van der Waals surface area contributed by atoms with E-state index in [9.17, 15) is 0 Å².